The average Bonchev–Trinajstić information content (AvgIpc) is 3.35. The predicted molar refractivity (Wildman–Crippen MR) is 110 cm³/mol. The van der Waals surface area contributed by atoms with Crippen molar-refractivity contribution in [3.05, 3.63) is 88.0 Å². The van der Waals surface area contributed by atoms with Crippen LogP contribution in [0, 0.1) is 5.82 Å². The molecule has 0 spiro atoms. The molecule has 0 radical (unpaired) electrons. The smallest absolute Gasteiger partial charge is 0.273 e. The number of halogens is 3. The number of carbonyl (C=O) groups excluding carboxylic acids is 1. The molecule has 4 aromatic rings. The van der Waals surface area contributed by atoms with Crippen LogP contribution in [0.5, 0.6) is 0 Å². The van der Waals surface area contributed by atoms with Crippen LogP contribution in [0.1, 0.15) is 16.1 Å². The van der Waals surface area contributed by atoms with Gasteiger partial charge in [-0.25, -0.2) is 4.39 Å². The number of nitrogens with one attached hydrogen (secondary N) is 2. The van der Waals surface area contributed by atoms with Gasteiger partial charge in [0.25, 0.3) is 5.91 Å². The predicted octanol–water partition coefficient (Wildman–Crippen LogP) is 5.02. The Hall–Kier alpha value is -3.16. The van der Waals surface area contributed by atoms with Crippen molar-refractivity contribution in [2.24, 2.45) is 0 Å². The zero-order valence-electron chi connectivity index (χ0n) is 14.9. The minimum atomic E-state index is -0.411. The van der Waals surface area contributed by atoms with Crippen molar-refractivity contribution in [2.75, 3.05) is 5.32 Å². The zero-order valence-corrected chi connectivity index (χ0v) is 16.4. The quantitative estimate of drug-likeness (QED) is 0.467. The molecule has 0 aliphatic rings. The van der Waals surface area contributed by atoms with Gasteiger partial charge in [-0.05, 0) is 30.3 Å². The molecular weight excluding hydrogens is 416 g/mol. The van der Waals surface area contributed by atoms with E-state index in [4.69, 9.17) is 23.2 Å². The Bertz CT molecular complexity index is 1150. The summed E-state index contributed by atoms with van der Waals surface area (Å²) in [6.07, 6.45) is 3.07. The summed E-state index contributed by atoms with van der Waals surface area (Å²) in [5.74, 6) is -0.785. The fraction of sp³-hybridized carbons (Fsp3) is 0.0500. The van der Waals surface area contributed by atoms with Crippen LogP contribution >= 0.6 is 23.2 Å². The number of hydrogen-bond donors (Lipinski definition) is 2. The van der Waals surface area contributed by atoms with Crippen LogP contribution in [0.2, 0.25) is 10.0 Å². The molecule has 0 saturated carbocycles. The molecule has 2 aromatic carbocycles. The SMILES string of the molecule is O=C(Nc1cnn(Cc2c(F)cccc2Cl)c1)c1cc(-c2ccc(Cl)cc2)n[nH]1. The highest BCUT2D eigenvalue weighted by atomic mass is 35.5. The maximum Gasteiger partial charge on any atom is 0.273 e. The van der Waals surface area contributed by atoms with Crippen molar-refractivity contribution >= 4 is 34.8 Å². The maximum absolute atomic E-state index is 13.9. The second-order valence-corrected chi connectivity index (χ2v) is 7.10. The molecule has 29 heavy (non-hydrogen) atoms. The highest BCUT2D eigenvalue weighted by Crippen LogP contribution is 2.22. The summed E-state index contributed by atoms with van der Waals surface area (Å²) in [5.41, 5.74) is 2.54. The number of carbonyl (C=O) groups is 1. The van der Waals surface area contributed by atoms with Gasteiger partial charge in [-0.2, -0.15) is 10.2 Å². The normalized spacial score (nSPS) is 10.9. The van der Waals surface area contributed by atoms with E-state index >= 15 is 0 Å². The highest BCUT2D eigenvalue weighted by molar-refractivity contribution is 6.31. The monoisotopic (exact) mass is 429 g/mol. The van der Waals surface area contributed by atoms with E-state index in [1.54, 1.807) is 36.5 Å². The van der Waals surface area contributed by atoms with Gasteiger partial charge in [0, 0.05) is 27.4 Å². The molecule has 146 valence electrons. The molecule has 0 atom stereocenters. The van der Waals surface area contributed by atoms with E-state index in [1.807, 2.05) is 12.1 Å². The van der Waals surface area contributed by atoms with E-state index in [1.165, 1.54) is 16.9 Å². The topological polar surface area (TPSA) is 75.6 Å². The minimum absolute atomic E-state index is 0.145. The van der Waals surface area contributed by atoms with Gasteiger partial charge < -0.3 is 5.32 Å². The van der Waals surface area contributed by atoms with Gasteiger partial charge in [-0.15, -0.1) is 0 Å². The van der Waals surface area contributed by atoms with E-state index in [0.717, 1.165) is 5.56 Å². The van der Waals surface area contributed by atoms with Crippen molar-refractivity contribution in [1.29, 1.82) is 0 Å². The number of benzene rings is 2. The number of anilines is 1. The number of H-pyrrole nitrogens is 1. The third-order valence-corrected chi connectivity index (χ3v) is 4.84. The van der Waals surface area contributed by atoms with Gasteiger partial charge in [0.1, 0.15) is 11.5 Å². The first-order valence-electron chi connectivity index (χ1n) is 8.57. The molecule has 6 nitrogen and oxygen atoms in total. The summed E-state index contributed by atoms with van der Waals surface area (Å²) < 4.78 is 15.4. The van der Waals surface area contributed by atoms with E-state index in [2.05, 4.69) is 20.6 Å². The second kappa shape index (κ2) is 8.06. The summed E-state index contributed by atoms with van der Waals surface area (Å²) in [5, 5.41) is 14.7. The van der Waals surface area contributed by atoms with Crippen LogP contribution in [0.4, 0.5) is 10.1 Å². The molecule has 9 heteroatoms. The molecule has 2 heterocycles. The summed E-state index contributed by atoms with van der Waals surface area (Å²) in [6.45, 7) is 0.145. The van der Waals surface area contributed by atoms with Crippen molar-refractivity contribution in [1.82, 2.24) is 20.0 Å². The van der Waals surface area contributed by atoms with Crippen molar-refractivity contribution in [3.8, 4) is 11.3 Å². The fourth-order valence-electron chi connectivity index (χ4n) is 2.76. The van der Waals surface area contributed by atoms with Crippen LogP contribution in [0.3, 0.4) is 0 Å². The number of aromatic nitrogens is 4. The largest absolute Gasteiger partial charge is 0.318 e. The molecule has 1 amide bonds. The van der Waals surface area contributed by atoms with E-state index < -0.39 is 5.82 Å². The molecule has 2 N–H and O–H groups in total. The standard InChI is InChI=1S/C20H14Cl2FN5O/c21-13-6-4-12(5-7-13)18-8-19(27-26-18)20(29)25-14-9-24-28(10-14)11-15-16(22)2-1-3-17(15)23/h1-10H,11H2,(H,25,29)(H,26,27). The van der Waals surface area contributed by atoms with Gasteiger partial charge in [0.05, 0.1) is 24.1 Å². The summed E-state index contributed by atoms with van der Waals surface area (Å²) in [6, 6.07) is 13.3. The molecule has 0 unspecified atom stereocenters. The van der Waals surface area contributed by atoms with Crippen molar-refractivity contribution in [3.63, 3.8) is 0 Å². The number of amides is 1. The molecule has 0 aliphatic carbocycles. The van der Waals surface area contributed by atoms with E-state index in [0.29, 0.717) is 32.7 Å². The first kappa shape index (κ1) is 19.2. The number of hydrogen-bond acceptors (Lipinski definition) is 3. The van der Waals surface area contributed by atoms with Crippen molar-refractivity contribution in [2.45, 2.75) is 6.54 Å². The van der Waals surface area contributed by atoms with Gasteiger partial charge >= 0.3 is 0 Å². The Balaban J connectivity index is 1.45. The van der Waals surface area contributed by atoms with Crippen LogP contribution in [0.25, 0.3) is 11.3 Å². The molecule has 0 saturated heterocycles. The number of rotatable bonds is 5. The Kier molecular flexibility index (Phi) is 5.33. The van der Waals surface area contributed by atoms with E-state index in [-0.39, 0.29) is 12.5 Å². The molecule has 0 fully saturated rings. The Morgan fingerprint density at radius 2 is 1.97 bits per heavy atom. The van der Waals surface area contributed by atoms with Gasteiger partial charge in [0.15, 0.2) is 0 Å². The minimum Gasteiger partial charge on any atom is -0.318 e. The fourth-order valence-corrected chi connectivity index (χ4v) is 3.11. The zero-order chi connectivity index (χ0) is 20.4. The third-order valence-electron chi connectivity index (χ3n) is 4.24. The molecule has 2 aromatic heterocycles. The Morgan fingerprint density at radius 3 is 2.72 bits per heavy atom. The maximum atomic E-state index is 13.9. The summed E-state index contributed by atoms with van der Waals surface area (Å²) in [7, 11) is 0. The molecule has 0 aliphatic heterocycles. The van der Waals surface area contributed by atoms with E-state index in [9.17, 15) is 9.18 Å². The second-order valence-electron chi connectivity index (χ2n) is 6.25. The van der Waals surface area contributed by atoms with Crippen LogP contribution in [0.15, 0.2) is 60.9 Å². The highest BCUT2D eigenvalue weighted by Gasteiger charge is 2.13. The van der Waals surface area contributed by atoms with Gasteiger partial charge in [-0.3, -0.25) is 14.6 Å². The lowest BCUT2D eigenvalue weighted by Crippen LogP contribution is -2.12. The first-order chi connectivity index (χ1) is 14.0. The van der Waals surface area contributed by atoms with Gasteiger partial charge in [-0.1, -0.05) is 41.4 Å². The van der Waals surface area contributed by atoms with Crippen LogP contribution < -0.4 is 5.32 Å². The molecule has 0 bridgehead atoms. The molecule has 4 rings (SSSR count). The third kappa shape index (κ3) is 4.31. The number of nitrogens with zero attached hydrogens (tertiary/aromatic N) is 3. The van der Waals surface area contributed by atoms with Crippen molar-refractivity contribution < 1.29 is 9.18 Å². The van der Waals surface area contributed by atoms with Crippen LogP contribution in [-0.4, -0.2) is 25.9 Å². The van der Waals surface area contributed by atoms with Crippen LogP contribution in [-0.2, 0) is 6.54 Å². The van der Waals surface area contributed by atoms with Gasteiger partial charge in [0.2, 0.25) is 0 Å². The Labute approximate surface area is 175 Å². The average molecular weight is 430 g/mol. The lowest BCUT2D eigenvalue weighted by atomic mass is 10.1. The molecular formula is C20H14Cl2FN5O. The lowest BCUT2D eigenvalue weighted by Gasteiger charge is -2.05. The number of aromatic amines is 1. The Morgan fingerprint density at radius 1 is 1.17 bits per heavy atom. The summed E-state index contributed by atoms with van der Waals surface area (Å²) in [4.78, 5) is 12.5. The first-order valence-corrected chi connectivity index (χ1v) is 9.33. The lowest BCUT2D eigenvalue weighted by molar-refractivity contribution is 0.102. The summed E-state index contributed by atoms with van der Waals surface area (Å²) >= 11 is 11.9.